The molecule has 1 N–H and O–H groups in total. The molecule has 1 unspecified atom stereocenters. The lowest BCUT2D eigenvalue weighted by atomic mass is 10.0. The number of hydrogen-bond donors (Lipinski definition) is 1. The van der Waals surface area contributed by atoms with Crippen molar-refractivity contribution in [2.24, 2.45) is 5.92 Å². The lowest BCUT2D eigenvalue weighted by molar-refractivity contribution is 0.185. The van der Waals surface area contributed by atoms with Crippen LogP contribution in [0.5, 0.6) is 0 Å². The Morgan fingerprint density at radius 3 is 2.85 bits per heavy atom. The van der Waals surface area contributed by atoms with Gasteiger partial charge in [-0.25, -0.2) is 0 Å². The van der Waals surface area contributed by atoms with E-state index in [4.69, 9.17) is 0 Å². The Kier molecular flexibility index (Phi) is 4.74. The summed E-state index contributed by atoms with van der Waals surface area (Å²) in [5.74, 6) is 0.863. The van der Waals surface area contributed by atoms with Gasteiger partial charge in [0, 0.05) is 25.7 Å². The second-order valence-electron chi connectivity index (χ2n) is 4.66. The highest BCUT2D eigenvalue weighted by Gasteiger charge is 2.17. The van der Waals surface area contributed by atoms with E-state index in [0.717, 1.165) is 18.5 Å². The molecule has 1 atom stereocenters. The van der Waals surface area contributed by atoms with Crippen molar-refractivity contribution in [2.45, 2.75) is 39.2 Å². The molecule has 0 saturated carbocycles. The molecule has 1 saturated heterocycles. The van der Waals surface area contributed by atoms with Crippen LogP contribution in [0.4, 0.5) is 0 Å². The molecule has 0 amide bonds. The Balaban J connectivity index is 2.11. The summed E-state index contributed by atoms with van der Waals surface area (Å²) >= 11 is 0. The van der Waals surface area contributed by atoms with Crippen LogP contribution in [0.2, 0.25) is 0 Å². The van der Waals surface area contributed by atoms with Crippen LogP contribution in [-0.4, -0.2) is 37.6 Å². The summed E-state index contributed by atoms with van der Waals surface area (Å²) in [5, 5.41) is 3.46. The van der Waals surface area contributed by atoms with Gasteiger partial charge >= 0.3 is 0 Å². The Bertz CT molecular complexity index is 134. The highest BCUT2D eigenvalue weighted by molar-refractivity contribution is 4.76. The molecular formula is C11H24N2. The zero-order valence-corrected chi connectivity index (χ0v) is 9.34. The van der Waals surface area contributed by atoms with Gasteiger partial charge in [-0.3, -0.25) is 0 Å². The molecule has 1 aliphatic heterocycles. The zero-order chi connectivity index (χ0) is 9.68. The lowest BCUT2D eigenvalue weighted by Gasteiger charge is -2.33. The topological polar surface area (TPSA) is 15.3 Å². The quantitative estimate of drug-likeness (QED) is 0.715. The molecule has 0 radical (unpaired) electrons. The molecule has 0 bridgehead atoms. The van der Waals surface area contributed by atoms with E-state index in [9.17, 15) is 0 Å². The third-order valence-electron chi connectivity index (χ3n) is 2.96. The molecule has 0 aromatic rings. The van der Waals surface area contributed by atoms with Gasteiger partial charge in [-0.1, -0.05) is 26.7 Å². The third kappa shape index (κ3) is 4.10. The highest BCUT2D eigenvalue weighted by atomic mass is 15.2. The molecular weight excluding hydrogens is 160 g/mol. The van der Waals surface area contributed by atoms with Crippen molar-refractivity contribution in [1.29, 1.82) is 0 Å². The van der Waals surface area contributed by atoms with Gasteiger partial charge in [0.05, 0.1) is 0 Å². The van der Waals surface area contributed by atoms with E-state index in [1.54, 1.807) is 0 Å². The minimum absolute atomic E-state index is 0.785. The number of rotatable bonds is 4. The summed E-state index contributed by atoms with van der Waals surface area (Å²) in [5.41, 5.74) is 0. The number of hydrogen-bond acceptors (Lipinski definition) is 2. The summed E-state index contributed by atoms with van der Waals surface area (Å²) in [6.45, 7) is 8.18. The van der Waals surface area contributed by atoms with Crippen LogP contribution in [0, 0.1) is 5.92 Å². The van der Waals surface area contributed by atoms with Crippen molar-refractivity contribution in [3.8, 4) is 0 Å². The average molecular weight is 184 g/mol. The van der Waals surface area contributed by atoms with Crippen LogP contribution in [0.15, 0.2) is 0 Å². The molecule has 2 nitrogen and oxygen atoms in total. The fraction of sp³-hybridized carbons (Fsp3) is 1.00. The van der Waals surface area contributed by atoms with Crippen molar-refractivity contribution in [2.75, 3.05) is 26.7 Å². The standard InChI is InChI=1S/C11H24N2/c1-10(2)5-4-6-11-9-12-7-8-13(11)3/h10-12H,4-9H2,1-3H3. The SMILES string of the molecule is CC(C)CCCC1CNCCN1C. The van der Waals surface area contributed by atoms with Crippen LogP contribution >= 0.6 is 0 Å². The minimum Gasteiger partial charge on any atom is -0.314 e. The molecule has 0 spiro atoms. The predicted molar refractivity (Wildman–Crippen MR) is 58.0 cm³/mol. The smallest absolute Gasteiger partial charge is 0.0218 e. The number of piperazine rings is 1. The summed E-state index contributed by atoms with van der Waals surface area (Å²) < 4.78 is 0. The van der Waals surface area contributed by atoms with Gasteiger partial charge in [0.2, 0.25) is 0 Å². The highest BCUT2D eigenvalue weighted by Crippen LogP contribution is 2.12. The van der Waals surface area contributed by atoms with Crippen LogP contribution in [-0.2, 0) is 0 Å². The van der Waals surface area contributed by atoms with E-state index in [-0.39, 0.29) is 0 Å². The number of nitrogens with one attached hydrogen (secondary N) is 1. The fourth-order valence-electron chi connectivity index (χ4n) is 1.95. The molecule has 0 aromatic carbocycles. The lowest BCUT2D eigenvalue weighted by Crippen LogP contribution is -2.49. The third-order valence-corrected chi connectivity index (χ3v) is 2.96. The van der Waals surface area contributed by atoms with E-state index < -0.39 is 0 Å². The van der Waals surface area contributed by atoms with E-state index in [2.05, 4.69) is 31.1 Å². The fourth-order valence-corrected chi connectivity index (χ4v) is 1.95. The first-order valence-corrected chi connectivity index (χ1v) is 5.61. The van der Waals surface area contributed by atoms with Crippen molar-refractivity contribution in [3.05, 3.63) is 0 Å². The molecule has 1 aliphatic rings. The largest absolute Gasteiger partial charge is 0.314 e. The van der Waals surface area contributed by atoms with Crippen molar-refractivity contribution < 1.29 is 0 Å². The van der Waals surface area contributed by atoms with E-state index in [1.807, 2.05) is 0 Å². The van der Waals surface area contributed by atoms with Crippen molar-refractivity contribution >= 4 is 0 Å². The molecule has 13 heavy (non-hydrogen) atoms. The normalized spacial score (nSPS) is 25.4. The van der Waals surface area contributed by atoms with E-state index in [0.29, 0.717) is 0 Å². The molecule has 1 fully saturated rings. The van der Waals surface area contributed by atoms with Crippen LogP contribution in [0.1, 0.15) is 33.1 Å². The maximum absolute atomic E-state index is 3.46. The number of likely N-dealkylation sites (N-methyl/N-ethyl adjacent to an activating group) is 1. The zero-order valence-electron chi connectivity index (χ0n) is 9.34. The monoisotopic (exact) mass is 184 g/mol. The van der Waals surface area contributed by atoms with Gasteiger partial charge < -0.3 is 10.2 Å². The van der Waals surface area contributed by atoms with E-state index >= 15 is 0 Å². The van der Waals surface area contributed by atoms with E-state index in [1.165, 1.54) is 32.4 Å². The first-order chi connectivity index (χ1) is 6.20. The Morgan fingerprint density at radius 1 is 1.46 bits per heavy atom. The van der Waals surface area contributed by atoms with Crippen molar-refractivity contribution in [3.63, 3.8) is 0 Å². The van der Waals surface area contributed by atoms with Gasteiger partial charge in [-0.05, 0) is 19.4 Å². The Morgan fingerprint density at radius 2 is 2.23 bits per heavy atom. The first-order valence-electron chi connectivity index (χ1n) is 5.61. The molecule has 0 aromatic heterocycles. The average Bonchev–Trinajstić information content (AvgIpc) is 2.08. The minimum atomic E-state index is 0.785. The summed E-state index contributed by atoms with van der Waals surface area (Å²) in [4.78, 5) is 2.50. The van der Waals surface area contributed by atoms with Crippen LogP contribution in [0.25, 0.3) is 0 Å². The Labute approximate surface area is 82.7 Å². The second kappa shape index (κ2) is 5.61. The second-order valence-corrected chi connectivity index (χ2v) is 4.66. The molecule has 2 heteroatoms. The predicted octanol–water partition coefficient (Wildman–Crippen LogP) is 1.72. The number of nitrogens with zero attached hydrogens (tertiary/aromatic N) is 1. The summed E-state index contributed by atoms with van der Waals surface area (Å²) in [6, 6.07) is 0.785. The van der Waals surface area contributed by atoms with Gasteiger partial charge in [-0.15, -0.1) is 0 Å². The summed E-state index contributed by atoms with van der Waals surface area (Å²) in [7, 11) is 2.25. The Hall–Kier alpha value is -0.0800. The van der Waals surface area contributed by atoms with Crippen LogP contribution < -0.4 is 5.32 Å². The maximum atomic E-state index is 3.46. The summed E-state index contributed by atoms with van der Waals surface area (Å²) in [6.07, 6.45) is 4.13. The van der Waals surface area contributed by atoms with Gasteiger partial charge in [0.1, 0.15) is 0 Å². The van der Waals surface area contributed by atoms with Gasteiger partial charge in [0.15, 0.2) is 0 Å². The van der Waals surface area contributed by atoms with Gasteiger partial charge in [-0.2, -0.15) is 0 Å². The maximum Gasteiger partial charge on any atom is 0.0218 e. The molecule has 1 rings (SSSR count). The molecule has 78 valence electrons. The van der Waals surface area contributed by atoms with Crippen molar-refractivity contribution in [1.82, 2.24) is 10.2 Å². The first kappa shape index (κ1) is 11.0. The van der Waals surface area contributed by atoms with Gasteiger partial charge in [0.25, 0.3) is 0 Å². The molecule has 0 aliphatic carbocycles. The van der Waals surface area contributed by atoms with Crippen LogP contribution in [0.3, 0.4) is 0 Å². The molecule has 1 heterocycles.